The van der Waals surface area contributed by atoms with E-state index in [0.717, 1.165) is 5.56 Å². The van der Waals surface area contributed by atoms with Crippen molar-refractivity contribution < 1.29 is 19.4 Å². The lowest BCUT2D eigenvalue weighted by Gasteiger charge is -2.36. The molecule has 2 aromatic rings. The minimum atomic E-state index is -0.337. The molecule has 1 aromatic carbocycles. The van der Waals surface area contributed by atoms with Crippen LogP contribution in [0.2, 0.25) is 0 Å². The number of amides is 2. The molecule has 8 heteroatoms. The third kappa shape index (κ3) is 4.92. The van der Waals surface area contributed by atoms with Gasteiger partial charge in [0.15, 0.2) is 0 Å². The van der Waals surface area contributed by atoms with E-state index >= 15 is 0 Å². The lowest BCUT2D eigenvalue weighted by atomic mass is 9.99. The summed E-state index contributed by atoms with van der Waals surface area (Å²) in [7, 11) is 5.27. The highest BCUT2D eigenvalue weighted by Crippen LogP contribution is 2.30. The molecule has 0 bridgehead atoms. The Bertz CT molecular complexity index is 978. The van der Waals surface area contributed by atoms with Crippen LogP contribution in [0, 0.1) is 5.92 Å². The van der Waals surface area contributed by atoms with Crippen molar-refractivity contribution in [3.63, 3.8) is 0 Å². The Morgan fingerprint density at radius 2 is 2.09 bits per heavy atom. The summed E-state index contributed by atoms with van der Waals surface area (Å²) in [6.07, 6.45) is 1.48. The predicted octanol–water partition coefficient (Wildman–Crippen LogP) is 1.89. The van der Waals surface area contributed by atoms with E-state index in [1.54, 1.807) is 43.4 Å². The Labute approximate surface area is 189 Å². The van der Waals surface area contributed by atoms with Gasteiger partial charge in [-0.1, -0.05) is 19.1 Å². The lowest BCUT2D eigenvalue weighted by Crippen LogP contribution is -2.49. The molecule has 2 heterocycles. The summed E-state index contributed by atoms with van der Waals surface area (Å²) < 4.78 is 6.16. The van der Waals surface area contributed by atoms with Gasteiger partial charge in [0.25, 0.3) is 11.8 Å². The van der Waals surface area contributed by atoms with Crippen LogP contribution in [0.5, 0.6) is 5.88 Å². The average molecular weight is 441 g/mol. The Hall–Kier alpha value is -2.97. The van der Waals surface area contributed by atoms with Gasteiger partial charge in [0, 0.05) is 50.4 Å². The molecule has 8 nitrogen and oxygen atoms in total. The average Bonchev–Trinajstić information content (AvgIpc) is 2.80. The molecule has 1 aromatic heterocycles. The van der Waals surface area contributed by atoms with E-state index in [9.17, 15) is 14.7 Å². The van der Waals surface area contributed by atoms with Crippen molar-refractivity contribution in [2.45, 2.75) is 26.0 Å². The quantitative estimate of drug-likeness (QED) is 0.712. The predicted molar refractivity (Wildman–Crippen MR) is 123 cm³/mol. The number of aliphatic hydroxyl groups excluding tert-OH is 1. The van der Waals surface area contributed by atoms with Crippen LogP contribution < -0.4 is 10.1 Å². The third-order valence-corrected chi connectivity index (χ3v) is 5.78. The number of aliphatic hydroxyl groups is 1. The zero-order valence-corrected chi connectivity index (χ0v) is 19.3. The van der Waals surface area contributed by atoms with Crippen molar-refractivity contribution in [1.82, 2.24) is 20.1 Å². The highest BCUT2D eigenvalue weighted by Gasteiger charge is 2.33. The van der Waals surface area contributed by atoms with Crippen molar-refractivity contribution >= 4 is 11.8 Å². The molecule has 0 fully saturated rings. The molecule has 0 saturated heterocycles. The molecule has 2 amide bonds. The first kappa shape index (κ1) is 23.7. The number of rotatable bonds is 6. The van der Waals surface area contributed by atoms with Crippen LogP contribution in [0.3, 0.4) is 0 Å². The van der Waals surface area contributed by atoms with Crippen LogP contribution in [0.15, 0.2) is 36.5 Å². The number of carbonyl (C=O) groups excluding carboxylic acids is 2. The number of pyridine rings is 1. The Morgan fingerprint density at radius 3 is 2.75 bits per heavy atom. The van der Waals surface area contributed by atoms with Gasteiger partial charge in [0.05, 0.1) is 12.6 Å². The van der Waals surface area contributed by atoms with Gasteiger partial charge in [-0.25, -0.2) is 4.98 Å². The lowest BCUT2D eigenvalue weighted by molar-refractivity contribution is 0.0404. The molecule has 0 aliphatic carbocycles. The largest absolute Gasteiger partial charge is 0.472 e. The summed E-state index contributed by atoms with van der Waals surface area (Å²) in [5.74, 6) is -0.00606. The first-order valence-corrected chi connectivity index (χ1v) is 10.8. The second kappa shape index (κ2) is 10.1. The Morgan fingerprint density at radius 1 is 1.34 bits per heavy atom. The van der Waals surface area contributed by atoms with E-state index in [-0.39, 0.29) is 42.4 Å². The van der Waals surface area contributed by atoms with E-state index in [1.807, 2.05) is 33.0 Å². The molecular formula is C24H32N4O4. The summed E-state index contributed by atoms with van der Waals surface area (Å²) in [6, 6.07) is 8.66. The number of nitrogens with zero attached hydrogens (tertiary/aromatic N) is 3. The molecular weight excluding hydrogens is 408 g/mol. The SMILES string of the molecule is CNC[C@@H]1Oc2ncc(-c3cccc(C(=O)N(C)C)c3)cc2C(=O)N([C@@H](C)CO)C[C@H]1C. The summed E-state index contributed by atoms with van der Waals surface area (Å²) in [4.78, 5) is 33.5. The van der Waals surface area contributed by atoms with Crippen LogP contribution in [-0.4, -0.2) is 84.7 Å². The topological polar surface area (TPSA) is 95.0 Å². The van der Waals surface area contributed by atoms with Gasteiger partial charge in [-0.2, -0.15) is 0 Å². The number of fused-ring (bicyclic) bond motifs is 1. The zero-order chi connectivity index (χ0) is 23.4. The van der Waals surface area contributed by atoms with E-state index in [1.165, 1.54) is 4.90 Å². The number of likely N-dealkylation sites (N-methyl/N-ethyl adjacent to an activating group) is 1. The monoisotopic (exact) mass is 440 g/mol. The van der Waals surface area contributed by atoms with Gasteiger partial charge < -0.3 is 25.0 Å². The normalized spacial score (nSPS) is 19.4. The molecule has 0 unspecified atom stereocenters. The second-order valence-electron chi connectivity index (χ2n) is 8.54. The smallest absolute Gasteiger partial charge is 0.259 e. The minimum Gasteiger partial charge on any atom is -0.472 e. The van der Waals surface area contributed by atoms with Gasteiger partial charge in [0.2, 0.25) is 5.88 Å². The van der Waals surface area contributed by atoms with Gasteiger partial charge in [-0.3, -0.25) is 9.59 Å². The molecule has 0 saturated carbocycles. The number of benzene rings is 1. The molecule has 0 spiro atoms. The number of hydrogen-bond donors (Lipinski definition) is 2. The van der Waals surface area contributed by atoms with Crippen molar-refractivity contribution in [3.05, 3.63) is 47.7 Å². The molecule has 3 atom stereocenters. The first-order chi connectivity index (χ1) is 15.3. The van der Waals surface area contributed by atoms with Crippen LogP contribution in [0.1, 0.15) is 34.6 Å². The summed E-state index contributed by atoms with van der Waals surface area (Å²) in [6.45, 7) is 4.79. The van der Waals surface area contributed by atoms with Crippen molar-refractivity contribution in [2.24, 2.45) is 5.92 Å². The van der Waals surface area contributed by atoms with E-state index in [4.69, 9.17) is 4.74 Å². The molecule has 3 rings (SSSR count). The van der Waals surface area contributed by atoms with Crippen LogP contribution in [-0.2, 0) is 0 Å². The van der Waals surface area contributed by atoms with Gasteiger partial charge in [-0.05, 0) is 37.7 Å². The van der Waals surface area contributed by atoms with E-state index in [0.29, 0.717) is 29.8 Å². The number of aromatic nitrogens is 1. The van der Waals surface area contributed by atoms with Crippen molar-refractivity contribution in [2.75, 3.05) is 40.8 Å². The standard InChI is InChI=1S/C24H32N4O4/c1-15-13-28(16(2)14-29)24(31)20-10-19(11-26-22(20)32-21(15)12-25-3)17-7-6-8-18(9-17)23(30)27(4)5/h6-11,15-16,21,25,29H,12-14H2,1-5H3/t15-,16+,21+/m1/s1. The number of hydrogen-bond acceptors (Lipinski definition) is 6. The highest BCUT2D eigenvalue weighted by molar-refractivity contribution is 5.98. The maximum atomic E-state index is 13.5. The Balaban J connectivity index is 2.07. The van der Waals surface area contributed by atoms with Crippen molar-refractivity contribution in [3.8, 4) is 17.0 Å². The number of ether oxygens (including phenoxy) is 1. The van der Waals surface area contributed by atoms with E-state index in [2.05, 4.69) is 10.3 Å². The molecule has 32 heavy (non-hydrogen) atoms. The maximum Gasteiger partial charge on any atom is 0.259 e. The van der Waals surface area contributed by atoms with E-state index < -0.39 is 0 Å². The zero-order valence-electron chi connectivity index (χ0n) is 19.3. The summed E-state index contributed by atoms with van der Waals surface area (Å²) in [5, 5.41) is 12.9. The summed E-state index contributed by atoms with van der Waals surface area (Å²) in [5.41, 5.74) is 2.40. The molecule has 0 radical (unpaired) electrons. The fourth-order valence-electron chi connectivity index (χ4n) is 3.79. The van der Waals surface area contributed by atoms with Gasteiger partial charge in [-0.15, -0.1) is 0 Å². The number of nitrogens with one attached hydrogen (secondary N) is 1. The van der Waals surface area contributed by atoms with Gasteiger partial charge in [0.1, 0.15) is 11.7 Å². The van der Waals surface area contributed by atoms with Crippen molar-refractivity contribution in [1.29, 1.82) is 0 Å². The van der Waals surface area contributed by atoms with Crippen LogP contribution in [0.4, 0.5) is 0 Å². The van der Waals surface area contributed by atoms with Crippen LogP contribution in [0.25, 0.3) is 11.1 Å². The second-order valence-corrected chi connectivity index (χ2v) is 8.54. The first-order valence-electron chi connectivity index (χ1n) is 10.8. The fourth-order valence-corrected chi connectivity index (χ4v) is 3.79. The highest BCUT2D eigenvalue weighted by atomic mass is 16.5. The van der Waals surface area contributed by atoms with Crippen LogP contribution >= 0.6 is 0 Å². The molecule has 172 valence electrons. The molecule has 1 aliphatic heterocycles. The number of carbonyl (C=O) groups is 2. The minimum absolute atomic E-state index is 0.0451. The molecule has 1 aliphatic rings. The third-order valence-electron chi connectivity index (χ3n) is 5.78. The molecule has 2 N–H and O–H groups in total. The summed E-state index contributed by atoms with van der Waals surface area (Å²) >= 11 is 0. The van der Waals surface area contributed by atoms with Gasteiger partial charge >= 0.3 is 0 Å². The fraction of sp³-hybridized carbons (Fsp3) is 0.458. The maximum absolute atomic E-state index is 13.5. The Kier molecular flexibility index (Phi) is 7.48.